The summed E-state index contributed by atoms with van der Waals surface area (Å²) < 4.78 is 5.15. The average molecular weight is 342 g/mol. The number of rotatable bonds is 4. The summed E-state index contributed by atoms with van der Waals surface area (Å²) in [6, 6.07) is 7.95. The van der Waals surface area contributed by atoms with Crippen molar-refractivity contribution in [1.82, 2.24) is 10.1 Å². The van der Waals surface area contributed by atoms with Crippen LogP contribution in [0.1, 0.15) is 49.4 Å². The number of likely N-dealkylation sites (tertiary alicyclic amines) is 1. The monoisotopic (exact) mass is 342 g/mol. The summed E-state index contributed by atoms with van der Waals surface area (Å²) in [5.74, 6) is 0.733. The van der Waals surface area contributed by atoms with Crippen LogP contribution in [0.15, 0.2) is 28.8 Å². The minimum atomic E-state index is -0.0434. The molecule has 0 saturated carbocycles. The normalized spacial score (nSPS) is 15.4. The van der Waals surface area contributed by atoms with E-state index in [0.717, 1.165) is 42.6 Å². The number of aryl methyl sites for hydroxylation is 1. The molecule has 1 aromatic carbocycles. The second-order valence-corrected chi connectivity index (χ2v) is 6.51. The molecule has 0 radical (unpaired) electrons. The van der Waals surface area contributed by atoms with Crippen LogP contribution in [-0.2, 0) is 12.8 Å². The lowest BCUT2D eigenvalue weighted by Crippen LogP contribution is -2.40. The maximum atomic E-state index is 12.5. The quantitative estimate of drug-likeness (QED) is 0.885. The number of urea groups is 1. The maximum Gasteiger partial charge on any atom is 0.321 e. The van der Waals surface area contributed by atoms with E-state index in [0.29, 0.717) is 24.9 Å². The van der Waals surface area contributed by atoms with E-state index in [1.165, 1.54) is 5.56 Å². The Kier molecular flexibility index (Phi) is 5.26. The fourth-order valence-corrected chi connectivity index (χ4v) is 3.39. The standard InChI is InChI=1S/C19H26N4O2/c1-3-13-5-7-15(8-6-13)21-19(24)23-11-9-14(10-12-23)17-16(4-2)18(20)25-22-17/h5-8,14H,3-4,9-12,20H2,1-2H3,(H,21,24). The first kappa shape index (κ1) is 17.3. The Balaban J connectivity index is 1.56. The van der Waals surface area contributed by atoms with Gasteiger partial charge >= 0.3 is 6.03 Å². The topological polar surface area (TPSA) is 84.4 Å². The molecule has 134 valence electrons. The van der Waals surface area contributed by atoms with Crippen LogP contribution >= 0.6 is 0 Å². The van der Waals surface area contributed by atoms with Crippen molar-refractivity contribution in [3.63, 3.8) is 0 Å². The number of nitrogens with two attached hydrogens (primary N) is 1. The Morgan fingerprint density at radius 3 is 2.52 bits per heavy atom. The molecular formula is C19H26N4O2. The van der Waals surface area contributed by atoms with Crippen LogP contribution in [0, 0.1) is 0 Å². The Morgan fingerprint density at radius 1 is 1.24 bits per heavy atom. The third-order valence-electron chi connectivity index (χ3n) is 4.98. The largest absolute Gasteiger partial charge is 0.367 e. The number of hydrogen-bond donors (Lipinski definition) is 2. The number of benzene rings is 1. The molecule has 6 heteroatoms. The predicted octanol–water partition coefficient (Wildman–Crippen LogP) is 3.79. The van der Waals surface area contributed by atoms with Crippen LogP contribution in [0.25, 0.3) is 0 Å². The molecular weight excluding hydrogens is 316 g/mol. The molecule has 3 N–H and O–H groups in total. The second-order valence-electron chi connectivity index (χ2n) is 6.51. The zero-order valence-corrected chi connectivity index (χ0v) is 14.9. The van der Waals surface area contributed by atoms with Crippen LogP contribution < -0.4 is 11.1 Å². The molecule has 25 heavy (non-hydrogen) atoms. The van der Waals surface area contributed by atoms with E-state index in [9.17, 15) is 4.79 Å². The third kappa shape index (κ3) is 3.78. The van der Waals surface area contributed by atoms with Gasteiger partial charge in [0.1, 0.15) is 0 Å². The number of carbonyl (C=O) groups excluding carboxylic acids is 1. The molecule has 0 atom stereocenters. The summed E-state index contributed by atoms with van der Waals surface area (Å²) in [5, 5.41) is 7.12. The molecule has 0 bridgehead atoms. The highest BCUT2D eigenvalue weighted by Gasteiger charge is 2.28. The van der Waals surface area contributed by atoms with Gasteiger partial charge in [0.25, 0.3) is 0 Å². The van der Waals surface area contributed by atoms with Gasteiger partial charge < -0.3 is 20.5 Å². The molecule has 1 saturated heterocycles. The lowest BCUT2D eigenvalue weighted by Gasteiger charge is -2.31. The number of aromatic nitrogens is 1. The first-order valence-electron chi connectivity index (χ1n) is 9.01. The minimum absolute atomic E-state index is 0.0434. The fourth-order valence-electron chi connectivity index (χ4n) is 3.39. The van der Waals surface area contributed by atoms with Gasteiger partial charge in [0.15, 0.2) is 0 Å². The molecule has 0 aliphatic carbocycles. The van der Waals surface area contributed by atoms with Crippen LogP contribution in [0.3, 0.4) is 0 Å². The molecule has 2 aromatic rings. The fraction of sp³-hybridized carbons (Fsp3) is 0.474. The van der Waals surface area contributed by atoms with Crippen molar-refractivity contribution in [3.05, 3.63) is 41.1 Å². The predicted molar refractivity (Wildman–Crippen MR) is 98.7 cm³/mol. The van der Waals surface area contributed by atoms with E-state index < -0.39 is 0 Å². The van der Waals surface area contributed by atoms with E-state index in [1.54, 1.807) is 0 Å². The van der Waals surface area contributed by atoms with E-state index in [1.807, 2.05) is 29.2 Å². The van der Waals surface area contributed by atoms with Gasteiger partial charge in [0.2, 0.25) is 5.88 Å². The number of hydrogen-bond acceptors (Lipinski definition) is 4. The van der Waals surface area contributed by atoms with Gasteiger partial charge in [0, 0.05) is 30.3 Å². The van der Waals surface area contributed by atoms with Crippen molar-refractivity contribution >= 4 is 17.6 Å². The summed E-state index contributed by atoms with van der Waals surface area (Å²) >= 11 is 0. The first-order valence-corrected chi connectivity index (χ1v) is 9.01. The summed E-state index contributed by atoms with van der Waals surface area (Å²) in [5.41, 5.74) is 9.91. The van der Waals surface area contributed by atoms with Gasteiger partial charge in [-0.2, -0.15) is 0 Å². The van der Waals surface area contributed by atoms with Crippen LogP contribution in [-0.4, -0.2) is 29.2 Å². The molecule has 1 fully saturated rings. The van der Waals surface area contributed by atoms with E-state index >= 15 is 0 Å². The number of piperidine rings is 1. The number of anilines is 2. The molecule has 2 amide bonds. The number of nitrogens with zero attached hydrogens (tertiary/aromatic N) is 2. The highest BCUT2D eigenvalue weighted by atomic mass is 16.5. The van der Waals surface area contributed by atoms with Crippen LogP contribution in [0.4, 0.5) is 16.4 Å². The van der Waals surface area contributed by atoms with Gasteiger partial charge in [-0.1, -0.05) is 31.1 Å². The van der Waals surface area contributed by atoms with Crippen molar-refractivity contribution in [2.24, 2.45) is 0 Å². The summed E-state index contributed by atoms with van der Waals surface area (Å²) in [4.78, 5) is 14.3. The molecule has 1 aromatic heterocycles. The molecule has 0 spiro atoms. The van der Waals surface area contributed by atoms with Gasteiger partial charge in [-0.25, -0.2) is 4.79 Å². The van der Waals surface area contributed by atoms with Crippen molar-refractivity contribution in [2.45, 2.75) is 45.4 Å². The van der Waals surface area contributed by atoms with Gasteiger partial charge in [-0.05, 0) is 43.4 Å². The lowest BCUT2D eigenvalue weighted by molar-refractivity contribution is 0.193. The first-order chi connectivity index (χ1) is 12.1. The minimum Gasteiger partial charge on any atom is -0.367 e. The number of nitrogen functional groups attached to an aromatic ring is 1. The van der Waals surface area contributed by atoms with Crippen molar-refractivity contribution in [2.75, 3.05) is 24.1 Å². The third-order valence-corrected chi connectivity index (χ3v) is 4.98. The Hall–Kier alpha value is -2.50. The van der Waals surface area contributed by atoms with Gasteiger partial charge in [0.05, 0.1) is 5.69 Å². The highest BCUT2D eigenvalue weighted by Crippen LogP contribution is 2.32. The Morgan fingerprint density at radius 2 is 1.92 bits per heavy atom. The van der Waals surface area contributed by atoms with Crippen LogP contribution in [0.2, 0.25) is 0 Å². The summed E-state index contributed by atoms with van der Waals surface area (Å²) in [6.45, 7) is 5.59. The van der Waals surface area contributed by atoms with Crippen LogP contribution in [0.5, 0.6) is 0 Å². The molecule has 1 aliphatic rings. The van der Waals surface area contributed by atoms with Gasteiger partial charge in [-0.3, -0.25) is 0 Å². The number of carbonyl (C=O) groups is 1. The molecule has 0 unspecified atom stereocenters. The van der Waals surface area contributed by atoms with E-state index in [-0.39, 0.29) is 6.03 Å². The van der Waals surface area contributed by atoms with Crippen molar-refractivity contribution < 1.29 is 9.32 Å². The average Bonchev–Trinajstić information content (AvgIpc) is 3.03. The smallest absolute Gasteiger partial charge is 0.321 e. The van der Waals surface area contributed by atoms with Crippen molar-refractivity contribution in [1.29, 1.82) is 0 Å². The van der Waals surface area contributed by atoms with E-state index in [2.05, 4.69) is 24.3 Å². The number of amides is 2. The summed E-state index contributed by atoms with van der Waals surface area (Å²) in [6.07, 6.45) is 3.56. The molecule has 6 nitrogen and oxygen atoms in total. The molecule has 2 heterocycles. The second kappa shape index (κ2) is 7.59. The Bertz CT molecular complexity index is 716. The SMILES string of the molecule is CCc1ccc(NC(=O)N2CCC(c3noc(N)c3CC)CC2)cc1. The molecule has 3 rings (SSSR count). The lowest BCUT2D eigenvalue weighted by atomic mass is 9.90. The summed E-state index contributed by atoms with van der Waals surface area (Å²) in [7, 11) is 0. The highest BCUT2D eigenvalue weighted by molar-refractivity contribution is 5.89. The zero-order chi connectivity index (χ0) is 17.8. The Labute approximate surface area is 148 Å². The zero-order valence-electron chi connectivity index (χ0n) is 14.9. The number of nitrogens with one attached hydrogen (secondary N) is 1. The molecule has 1 aliphatic heterocycles. The van der Waals surface area contributed by atoms with Gasteiger partial charge in [-0.15, -0.1) is 0 Å². The maximum absolute atomic E-state index is 12.5. The van der Waals surface area contributed by atoms with E-state index in [4.69, 9.17) is 10.3 Å². The van der Waals surface area contributed by atoms with Crippen molar-refractivity contribution in [3.8, 4) is 0 Å².